The van der Waals surface area contributed by atoms with Crippen LogP contribution in [0, 0.1) is 6.92 Å². The zero-order valence-electron chi connectivity index (χ0n) is 9.45. The van der Waals surface area contributed by atoms with E-state index in [2.05, 4.69) is 0 Å². The minimum Gasteiger partial charge on any atom is -0.282 e. The maximum Gasteiger partial charge on any atom is 0.342 e. The smallest absolute Gasteiger partial charge is 0.282 e. The van der Waals surface area contributed by atoms with Crippen molar-refractivity contribution in [3.8, 4) is 0 Å². The molecule has 0 bridgehead atoms. The zero-order chi connectivity index (χ0) is 15.0. The molecule has 108 valence electrons. The highest BCUT2D eigenvalue weighted by Gasteiger charge is 2.51. The van der Waals surface area contributed by atoms with Gasteiger partial charge in [-0.2, -0.15) is 17.2 Å². The summed E-state index contributed by atoms with van der Waals surface area (Å²) >= 11 is 0. The number of rotatable bonds is 4. The van der Waals surface area contributed by atoms with E-state index < -0.39 is 39.1 Å². The van der Waals surface area contributed by atoms with Crippen LogP contribution in [0.25, 0.3) is 0 Å². The van der Waals surface area contributed by atoms with E-state index in [0.29, 0.717) is 12.1 Å². The first-order valence-electron chi connectivity index (χ1n) is 4.86. The lowest BCUT2D eigenvalue weighted by atomic mass is 10.0. The Hall–Kier alpha value is -1.22. The summed E-state index contributed by atoms with van der Waals surface area (Å²) < 4.78 is 94.2. The molecule has 0 fully saturated rings. The van der Waals surface area contributed by atoms with Crippen LogP contribution in [0.15, 0.2) is 23.1 Å². The van der Waals surface area contributed by atoms with Crippen LogP contribution < -0.4 is 0 Å². The lowest BCUT2D eigenvalue weighted by Crippen LogP contribution is -2.32. The number of hydrogen-bond donors (Lipinski definition) is 1. The highest BCUT2D eigenvalue weighted by molar-refractivity contribution is 7.85. The molecule has 1 atom stereocenters. The Bertz CT molecular complexity index is 571. The molecular weight excluding hydrogens is 295 g/mol. The van der Waals surface area contributed by atoms with Crippen molar-refractivity contribution in [1.82, 2.24) is 0 Å². The summed E-state index contributed by atoms with van der Waals surface area (Å²) in [4.78, 5) is -1.16. The SMILES string of the molecule is Cc1ccc(S(=O)(=O)O)c(C(F)C(F)(F)C(F)F)c1. The Morgan fingerprint density at radius 3 is 2.16 bits per heavy atom. The van der Waals surface area contributed by atoms with Gasteiger partial charge in [-0.3, -0.25) is 4.55 Å². The van der Waals surface area contributed by atoms with Gasteiger partial charge in [0.15, 0.2) is 6.17 Å². The van der Waals surface area contributed by atoms with E-state index in [9.17, 15) is 30.4 Å². The normalized spacial score (nSPS) is 14.7. The second kappa shape index (κ2) is 5.04. The van der Waals surface area contributed by atoms with Crippen molar-refractivity contribution in [2.75, 3.05) is 0 Å². The van der Waals surface area contributed by atoms with Crippen molar-refractivity contribution in [2.24, 2.45) is 0 Å². The van der Waals surface area contributed by atoms with Crippen LogP contribution in [-0.2, 0) is 10.1 Å². The Balaban J connectivity index is 3.46. The van der Waals surface area contributed by atoms with Crippen LogP contribution >= 0.6 is 0 Å². The number of hydrogen-bond acceptors (Lipinski definition) is 2. The average molecular weight is 304 g/mol. The lowest BCUT2D eigenvalue weighted by molar-refractivity contribution is -0.173. The first-order valence-corrected chi connectivity index (χ1v) is 6.30. The molecule has 0 aliphatic rings. The summed E-state index contributed by atoms with van der Waals surface area (Å²) in [7, 11) is -5.00. The maximum atomic E-state index is 13.5. The molecule has 1 rings (SSSR count). The standard InChI is InChI=1S/C10H9F5O3S/c1-5-2-3-7(19(16,17)18)6(4-5)8(11)10(14,15)9(12)13/h2-4,8-9H,1H3,(H,16,17,18). The van der Waals surface area contributed by atoms with Gasteiger partial charge in [0.05, 0.1) is 0 Å². The molecule has 0 radical (unpaired) electrons. The van der Waals surface area contributed by atoms with Crippen LogP contribution in [-0.4, -0.2) is 25.3 Å². The van der Waals surface area contributed by atoms with Crippen LogP contribution in [0.3, 0.4) is 0 Å². The molecule has 0 aliphatic carbocycles. The molecule has 0 spiro atoms. The topological polar surface area (TPSA) is 54.4 Å². The Morgan fingerprint density at radius 2 is 1.74 bits per heavy atom. The van der Waals surface area contributed by atoms with E-state index in [4.69, 9.17) is 4.55 Å². The molecule has 0 saturated carbocycles. The van der Waals surface area contributed by atoms with Gasteiger partial charge in [-0.1, -0.05) is 17.7 Å². The molecule has 1 N–H and O–H groups in total. The van der Waals surface area contributed by atoms with Gasteiger partial charge in [-0.05, 0) is 13.0 Å². The van der Waals surface area contributed by atoms with Gasteiger partial charge in [0.25, 0.3) is 10.1 Å². The summed E-state index contributed by atoms with van der Waals surface area (Å²) in [6.07, 6.45) is -7.86. The number of halogens is 5. The van der Waals surface area contributed by atoms with Crippen molar-refractivity contribution in [1.29, 1.82) is 0 Å². The third-order valence-corrected chi connectivity index (χ3v) is 3.27. The van der Waals surface area contributed by atoms with Crippen molar-refractivity contribution >= 4 is 10.1 Å². The molecule has 9 heteroatoms. The van der Waals surface area contributed by atoms with E-state index >= 15 is 0 Å². The minimum atomic E-state index is -5.06. The Labute approximate surface area is 105 Å². The third-order valence-electron chi connectivity index (χ3n) is 2.35. The first-order chi connectivity index (χ1) is 8.48. The van der Waals surface area contributed by atoms with Crippen LogP contribution in [0.2, 0.25) is 0 Å². The quantitative estimate of drug-likeness (QED) is 0.687. The van der Waals surface area contributed by atoms with Crippen LogP contribution in [0.5, 0.6) is 0 Å². The van der Waals surface area contributed by atoms with Gasteiger partial charge in [-0.25, -0.2) is 13.2 Å². The fourth-order valence-corrected chi connectivity index (χ4v) is 2.12. The van der Waals surface area contributed by atoms with Crippen LogP contribution in [0.1, 0.15) is 17.3 Å². The molecule has 3 nitrogen and oxygen atoms in total. The van der Waals surface area contributed by atoms with Crippen molar-refractivity contribution in [3.63, 3.8) is 0 Å². The lowest BCUT2D eigenvalue weighted by Gasteiger charge is -2.21. The number of aryl methyl sites for hydroxylation is 1. The fourth-order valence-electron chi connectivity index (χ4n) is 1.42. The Morgan fingerprint density at radius 1 is 1.21 bits per heavy atom. The van der Waals surface area contributed by atoms with E-state index in [1.807, 2.05) is 0 Å². The summed E-state index contributed by atoms with van der Waals surface area (Å²) in [5.74, 6) is -5.06. The van der Waals surface area contributed by atoms with E-state index in [1.165, 1.54) is 6.92 Å². The largest absolute Gasteiger partial charge is 0.342 e. The monoisotopic (exact) mass is 304 g/mol. The predicted molar refractivity (Wildman–Crippen MR) is 55.8 cm³/mol. The van der Waals surface area contributed by atoms with Crippen molar-refractivity contribution in [2.45, 2.75) is 30.3 Å². The molecule has 0 saturated heterocycles. The van der Waals surface area contributed by atoms with E-state index in [1.54, 1.807) is 0 Å². The average Bonchev–Trinajstić information content (AvgIpc) is 2.25. The highest BCUT2D eigenvalue weighted by atomic mass is 32.2. The summed E-state index contributed by atoms with van der Waals surface area (Å²) in [5, 5.41) is 0. The van der Waals surface area contributed by atoms with Gasteiger partial charge in [0, 0.05) is 5.56 Å². The molecule has 1 aromatic carbocycles. The van der Waals surface area contributed by atoms with Crippen molar-refractivity contribution < 1.29 is 34.9 Å². The Kier molecular flexibility index (Phi) is 4.20. The first kappa shape index (κ1) is 15.8. The molecule has 0 heterocycles. The van der Waals surface area contributed by atoms with E-state index in [-0.39, 0.29) is 5.56 Å². The predicted octanol–water partition coefficient (Wildman–Crippen LogP) is 3.15. The molecule has 0 amide bonds. The summed E-state index contributed by atoms with van der Waals surface area (Å²) in [5.41, 5.74) is -1.03. The molecule has 1 unspecified atom stereocenters. The number of alkyl halides is 5. The van der Waals surface area contributed by atoms with Gasteiger partial charge in [-0.15, -0.1) is 0 Å². The van der Waals surface area contributed by atoms with Gasteiger partial charge >= 0.3 is 12.3 Å². The zero-order valence-corrected chi connectivity index (χ0v) is 10.3. The van der Waals surface area contributed by atoms with Gasteiger partial charge < -0.3 is 0 Å². The van der Waals surface area contributed by atoms with E-state index in [0.717, 1.165) is 6.07 Å². The van der Waals surface area contributed by atoms with Crippen molar-refractivity contribution in [3.05, 3.63) is 29.3 Å². The second-order valence-corrected chi connectivity index (χ2v) is 5.24. The second-order valence-electron chi connectivity index (χ2n) is 3.85. The third kappa shape index (κ3) is 3.21. The van der Waals surface area contributed by atoms with Gasteiger partial charge in [0.1, 0.15) is 4.90 Å². The fraction of sp³-hybridized carbons (Fsp3) is 0.400. The molecule has 0 aromatic heterocycles. The molecule has 1 aromatic rings. The minimum absolute atomic E-state index is 0.176. The summed E-state index contributed by atoms with van der Waals surface area (Å²) in [6, 6.07) is 2.46. The van der Waals surface area contributed by atoms with Gasteiger partial charge in [0.2, 0.25) is 0 Å². The maximum absolute atomic E-state index is 13.5. The van der Waals surface area contributed by atoms with Crippen LogP contribution in [0.4, 0.5) is 22.0 Å². The molecular formula is C10H9F5O3S. The highest BCUT2D eigenvalue weighted by Crippen LogP contribution is 2.41. The summed E-state index contributed by atoms with van der Waals surface area (Å²) in [6.45, 7) is 1.32. The molecule has 0 aliphatic heterocycles. The molecule has 19 heavy (non-hydrogen) atoms. The number of benzene rings is 1.